The summed E-state index contributed by atoms with van der Waals surface area (Å²) in [6.07, 6.45) is 1.61. The van der Waals surface area contributed by atoms with Crippen LogP contribution in [-0.4, -0.2) is 18.0 Å². The molecule has 98 valence electrons. The first-order valence-corrected chi connectivity index (χ1v) is 6.09. The van der Waals surface area contributed by atoms with Gasteiger partial charge in [0.05, 0.1) is 12.3 Å². The number of fused-ring (bicyclic) bond motifs is 1. The number of nitrogens with two attached hydrogens (primary N) is 1. The highest BCUT2D eigenvalue weighted by molar-refractivity contribution is 5.92. The van der Waals surface area contributed by atoms with Crippen molar-refractivity contribution in [2.45, 2.75) is 12.6 Å². The SMILES string of the molecule is CN1Cc2cc(C(N)c3ccco3)ccc2NC1=O. The van der Waals surface area contributed by atoms with Gasteiger partial charge in [-0.1, -0.05) is 6.07 Å². The molecular formula is C14H15N3O2. The van der Waals surface area contributed by atoms with Crippen molar-refractivity contribution in [3.05, 3.63) is 53.5 Å². The van der Waals surface area contributed by atoms with E-state index in [1.165, 1.54) is 0 Å². The molecule has 1 aliphatic heterocycles. The zero-order valence-electron chi connectivity index (χ0n) is 10.6. The normalized spacial score (nSPS) is 15.9. The predicted octanol–water partition coefficient (Wildman–Crippen LogP) is 2.30. The number of hydrogen-bond acceptors (Lipinski definition) is 3. The number of furan rings is 1. The zero-order chi connectivity index (χ0) is 13.4. The van der Waals surface area contributed by atoms with Gasteiger partial charge in [-0.05, 0) is 35.4 Å². The number of carbonyl (C=O) groups excluding carboxylic acids is 1. The second-order valence-corrected chi connectivity index (χ2v) is 4.70. The van der Waals surface area contributed by atoms with Crippen molar-refractivity contribution < 1.29 is 9.21 Å². The third-order valence-corrected chi connectivity index (χ3v) is 3.33. The zero-order valence-corrected chi connectivity index (χ0v) is 10.6. The Hall–Kier alpha value is -2.27. The topological polar surface area (TPSA) is 71.5 Å². The molecule has 1 aromatic heterocycles. The summed E-state index contributed by atoms with van der Waals surface area (Å²) in [5.74, 6) is 0.730. The molecule has 0 bridgehead atoms. The fraction of sp³-hybridized carbons (Fsp3) is 0.214. The van der Waals surface area contributed by atoms with Crippen LogP contribution in [0.5, 0.6) is 0 Å². The molecule has 5 nitrogen and oxygen atoms in total. The van der Waals surface area contributed by atoms with Gasteiger partial charge in [0, 0.05) is 19.3 Å². The van der Waals surface area contributed by atoms with Crippen molar-refractivity contribution in [1.29, 1.82) is 0 Å². The highest BCUT2D eigenvalue weighted by Gasteiger charge is 2.21. The maximum absolute atomic E-state index is 11.5. The quantitative estimate of drug-likeness (QED) is 0.867. The Kier molecular flexibility index (Phi) is 2.76. The summed E-state index contributed by atoms with van der Waals surface area (Å²) < 4.78 is 5.33. The summed E-state index contributed by atoms with van der Waals surface area (Å²) >= 11 is 0. The van der Waals surface area contributed by atoms with E-state index in [9.17, 15) is 4.79 Å². The molecule has 0 aliphatic carbocycles. The van der Waals surface area contributed by atoms with Gasteiger partial charge in [-0.2, -0.15) is 0 Å². The smallest absolute Gasteiger partial charge is 0.321 e. The molecule has 19 heavy (non-hydrogen) atoms. The lowest BCUT2D eigenvalue weighted by molar-refractivity contribution is 0.218. The van der Waals surface area contributed by atoms with Crippen molar-refractivity contribution in [3.8, 4) is 0 Å². The molecule has 1 atom stereocenters. The molecule has 3 rings (SSSR count). The predicted molar refractivity (Wildman–Crippen MR) is 71.7 cm³/mol. The van der Waals surface area contributed by atoms with E-state index >= 15 is 0 Å². The maximum Gasteiger partial charge on any atom is 0.321 e. The monoisotopic (exact) mass is 257 g/mol. The Morgan fingerprint density at radius 1 is 1.42 bits per heavy atom. The molecule has 0 spiro atoms. The standard InChI is InChI=1S/C14H15N3O2/c1-17-8-10-7-9(4-5-11(10)16-14(17)18)13(15)12-3-2-6-19-12/h2-7,13H,8,15H2,1H3,(H,16,18). The molecular weight excluding hydrogens is 242 g/mol. The second kappa shape index (κ2) is 4.44. The van der Waals surface area contributed by atoms with Crippen molar-refractivity contribution in [2.75, 3.05) is 12.4 Å². The van der Waals surface area contributed by atoms with E-state index < -0.39 is 0 Å². The molecule has 5 heteroatoms. The fourth-order valence-corrected chi connectivity index (χ4v) is 2.23. The Bertz CT molecular complexity index is 607. The maximum atomic E-state index is 11.5. The lowest BCUT2D eigenvalue weighted by atomic mass is 10.0. The lowest BCUT2D eigenvalue weighted by Gasteiger charge is -2.26. The number of amides is 2. The van der Waals surface area contributed by atoms with E-state index in [1.807, 2.05) is 30.3 Å². The van der Waals surface area contributed by atoms with Crippen molar-refractivity contribution in [2.24, 2.45) is 5.73 Å². The Morgan fingerprint density at radius 2 is 2.26 bits per heavy atom. The second-order valence-electron chi connectivity index (χ2n) is 4.70. The first-order chi connectivity index (χ1) is 9.15. The van der Waals surface area contributed by atoms with Gasteiger partial charge in [0.15, 0.2) is 0 Å². The molecule has 1 aliphatic rings. The van der Waals surface area contributed by atoms with Crippen molar-refractivity contribution in [3.63, 3.8) is 0 Å². The summed E-state index contributed by atoms with van der Waals surface area (Å²) in [6, 6.07) is 9.12. The molecule has 0 radical (unpaired) electrons. The Labute approximate surface area is 111 Å². The van der Waals surface area contributed by atoms with Crippen LogP contribution in [0.4, 0.5) is 10.5 Å². The number of benzene rings is 1. The van der Waals surface area contributed by atoms with Gasteiger partial charge < -0.3 is 20.4 Å². The molecule has 1 aromatic carbocycles. The van der Waals surface area contributed by atoms with Gasteiger partial charge in [0.1, 0.15) is 5.76 Å². The van der Waals surface area contributed by atoms with Crippen LogP contribution in [0.25, 0.3) is 0 Å². The van der Waals surface area contributed by atoms with Crippen LogP contribution in [0.2, 0.25) is 0 Å². The van der Waals surface area contributed by atoms with E-state index in [2.05, 4.69) is 5.32 Å². The molecule has 2 aromatic rings. The molecule has 0 saturated carbocycles. The Morgan fingerprint density at radius 3 is 3.00 bits per heavy atom. The van der Waals surface area contributed by atoms with Crippen LogP contribution in [0.15, 0.2) is 41.0 Å². The minimum absolute atomic E-state index is 0.0874. The largest absolute Gasteiger partial charge is 0.467 e. The summed E-state index contributed by atoms with van der Waals surface area (Å²) in [4.78, 5) is 13.2. The molecule has 0 saturated heterocycles. The minimum atomic E-state index is -0.289. The highest BCUT2D eigenvalue weighted by Crippen LogP contribution is 2.28. The fourth-order valence-electron chi connectivity index (χ4n) is 2.23. The molecule has 2 amide bonds. The molecule has 2 heterocycles. The summed E-state index contributed by atoms with van der Waals surface area (Å²) in [6.45, 7) is 0.583. The summed E-state index contributed by atoms with van der Waals surface area (Å²) in [7, 11) is 1.76. The van der Waals surface area contributed by atoms with Gasteiger partial charge in [-0.25, -0.2) is 4.79 Å². The van der Waals surface area contributed by atoms with Crippen LogP contribution in [0.3, 0.4) is 0 Å². The average molecular weight is 257 g/mol. The number of urea groups is 1. The van der Waals surface area contributed by atoms with E-state index in [4.69, 9.17) is 10.2 Å². The van der Waals surface area contributed by atoms with E-state index in [0.29, 0.717) is 6.54 Å². The van der Waals surface area contributed by atoms with Crippen LogP contribution in [0.1, 0.15) is 22.9 Å². The van der Waals surface area contributed by atoms with Gasteiger partial charge >= 0.3 is 6.03 Å². The van der Waals surface area contributed by atoms with Crippen molar-refractivity contribution >= 4 is 11.7 Å². The number of rotatable bonds is 2. The third kappa shape index (κ3) is 2.08. The van der Waals surface area contributed by atoms with E-state index in [0.717, 1.165) is 22.6 Å². The Balaban J connectivity index is 1.93. The van der Waals surface area contributed by atoms with E-state index in [1.54, 1.807) is 18.2 Å². The molecule has 1 unspecified atom stereocenters. The first kappa shape index (κ1) is 11.8. The molecule has 0 fully saturated rings. The van der Waals surface area contributed by atoms with Crippen LogP contribution in [-0.2, 0) is 6.54 Å². The van der Waals surface area contributed by atoms with Crippen molar-refractivity contribution in [1.82, 2.24) is 4.90 Å². The minimum Gasteiger partial charge on any atom is -0.467 e. The summed E-state index contributed by atoms with van der Waals surface area (Å²) in [5, 5.41) is 2.83. The number of nitrogens with one attached hydrogen (secondary N) is 1. The first-order valence-electron chi connectivity index (χ1n) is 6.09. The number of nitrogens with zero attached hydrogens (tertiary/aromatic N) is 1. The highest BCUT2D eigenvalue weighted by atomic mass is 16.3. The van der Waals surface area contributed by atoms with Crippen LogP contribution in [0, 0.1) is 0 Å². The van der Waals surface area contributed by atoms with Crippen LogP contribution < -0.4 is 11.1 Å². The lowest BCUT2D eigenvalue weighted by Crippen LogP contribution is -2.35. The van der Waals surface area contributed by atoms with Gasteiger partial charge in [-0.15, -0.1) is 0 Å². The van der Waals surface area contributed by atoms with Gasteiger partial charge in [0.25, 0.3) is 0 Å². The third-order valence-electron chi connectivity index (χ3n) is 3.33. The number of carbonyl (C=O) groups is 1. The number of anilines is 1. The van der Waals surface area contributed by atoms with Crippen LogP contribution >= 0.6 is 0 Å². The number of hydrogen-bond donors (Lipinski definition) is 2. The molecule has 3 N–H and O–H groups in total. The average Bonchev–Trinajstić information content (AvgIpc) is 2.93. The van der Waals surface area contributed by atoms with Gasteiger partial charge in [-0.3, -0.25) is 0 Å². The summed E-state index contributed by atoms with van der Waals surface area (Å²) in [5.41, 5.74) is 9.03. The van der Waals surface area contributed by atoms with E-state index in [-0.39, 0.29) is 12.1 Å². The van der Waals surface area contributed by atoms with Gasteiger partial charge in [0.2, 0.25) is 0 Å².